The predicted octanol–water partition coefficient (Wildman–Crippen LogP) is 1.19. The zero-order valence-electron chi connectivity index (χ0n) is 11.9. The number of para-hydroxylation sites is 2. The third kappa shape index (κ3) is 2.41. The molecule has 1 unspecified atom stereocenters. The summed E-state index contributed by atoms with van der Waals surface area (Å²) in [5, 5.41) is 9.83. The predicted molar refractivity (Wildman–Crippen MR) is 82.4 cm³/mol. The summed E-state index contributed by atoms with van der Waals surface area (Å²) < 4.78 is 5.30. The van der Waals surface area contributed by atoms with Gasteiger partial charge in [0.25, 0.3) is 0 Å². The van der Waals surface area contributed by atoms with Gasteiger partial charge in [-0.25, -0.2) is 0 Å². The largest absolute Gasteiger partial charge is 0.387 e. The van der Waals surface area contributed by atoms with Crippen LogP contribution in [0.2, 0.25) is 0 Å². The first-order valence-electron chi connectivity index (χ1n) is 7.40. The minimum atomic E-state index is -0.160. The van der Waals surface area contributed by atoms with E-state index in [-0.39, 0.29) is 6.10 Å². The minimum absolute atomic E-state index is 0.160. The van der Waals surface area contributed by atoms with Crippen molar-refractivity contribution in [3.8, 4) is 0 Å². The van der Waals surface area contributed by atoms with Crippen molar-refractivity contribution in [2.75, 3.05) is 13.1 Å². The number of nitrogens with zero attached hydrogens (tertiary/aromatic N) is 2. The van der Waals surface area contributed by atoms with Crippen LogP contribution in [0.1, 0.15) is 19.8 Å². The molecule has 2 atom stereocenters. The Morgan fingerprint density at radius 1 is 1.30 bits per heavy atom. The molecule has 0 amide bonds. The second-order valence-corrected chi connectivity index (χ2v) is 5.97. The Morgan fingerprint density at radius 2 is 2.00 bits per heavy atom. The first-order valence-corrected chi connectivity index (χ1v) is 7.81. The van der Waals surface area contributed by atoms with E-state index in [0.717, 1.165) is 43.9 Å². The van der Waals surface area contributed by atoms with Crippen LogP contribution in [-0.4, -0.2) is 33.4 Å². The van der Waals surface area contributed by atoms with Gasteiger partial charge in [-0.1, -0.05) is 12.1 Å². The zero-order chi connectivity index (χ0) is 14.1. The number of rotatable bonds is 3. The smallest absolute Gasteiger partial charge is 0.185 e. The molecule has 2 aromatic rings. The van der Waals surface area contributed by atoms with Gasteiger partial charge in [0.15, 0.2) is 11.4 Å². The number of hydrogen-bond acceptors (Lipinski definition) is 2. The summed E-state index contributed by atoms with van der Waals surface area (Å²) in [4.78, 5) is 1.42. The monoisotopic (exact) mass is 292 g/mol. The maximum absolute atomic E-state index is 9.83. The van der Waals surface area contributed by atoms with Gasteiger partial charge in [0.1, 0.15) is 12.6 Å². The molecule has 1 fully saturated rings. The van der Waals surface area contributed by atoms with E-state index in [9.17, 15) is 5.11 Å². The zero-order valence-corrected chi connectivity index (χ0v) is 12.7. The average Bonchev–Trinajstić information content (AvgIpc) is 2.72. The van der Waals surface area contributed by atoms with E-state index < -0.39 is 0 Å². The highest BCUT2D eigenvalue weighted by molar-refractivity contribution is 7.71. The molecule has 2 heterocycles. The Morgan fingerprint density at radius 3 is 2.65 bits per heavy atom. The average molecular weight is 292 g/mol. The fourth-order valence-electron chi connectivity index (χ4n) is 3.22. The molecule has 1 aromatic heterocycles. The Bertz CT molecular complexity index is 661. The number of hydrogen-bond donors (Lipinski definition) is 2. The molecule has 5 heteroatoms. The number of aryl methyl sites for hydroxylation is 1. The van der Waals surface area contributed by atoms with Gasteiger partial charge in [-0.15, -0.1) is 0 Å². The third-order valence-corrected chi connectivity index (χ3v) is 4.66. The van der Waals surface area contributed by atoms with Crippen molar-refractivity contribution in [3.63, 3.8) is 0 Å². The van der Waals surface area contributed by atoms with Gasteiger partial charge in [-0.3, -0.25) is 4.57 Å². The van der Waals surface area contributed by atoms with Crippen LogP contribution < -0.4 is 4.90 Å². The Balaban J connectivity index is 1.99. The van der Waals surface area contributed by atoms with Crippen molar-refractivity contribution in [3.05, 3.63) is 29.0 Å². The number of aromatic nitrogens is 2. The van der Waals surface area contributed by atoms with E-state index in [2.05, 4.69) is 40.3 Å². The summed E-state index contributed by atoms with van der Waals surface area (Å²) in [6.07, 6.45) is 1.87. The first-order chi connectivity index (χ1) is 9.70. The van der Waals surface area contributed by atoms with E-state index in [0.29, 0.717) is 0 Å². The van der Waals surface area contributed by atoms with E-state index in [1.54, 1.807) is 0 Å². The third-order valence-electron chi connectivity index (χ3n) is 4.22. The number of benzene rings is 1. The quantitative estimate of drug-likeness (QED) is 0.834. The van der Waals surface area contributed by atoms with Crippen LogP contribution >= 0.6 is 12.2 Å². The topological polar surface area (TPSA) is 34.5 Å². The second-order valence-electron chi connectivity index (χ2n) is 5.60. The molecule has 3 rings (SSSR count). The van der Waals surface area contributed by atoms with Crippen LogP contribution in [0, 0.1) is 4.77 Å². The summed E-state index contributed by atoms with van der Waals surface area (Å²) >= 11 is 5.64. The number of piperidine rings is 1. The molecular formula is C15H22N3OS+. The number of quaternary nitrogens is 1. The van der Waals surface area contributed by atoms with Gasteiger partial charge in [0.05, 0.1) is 17.6 Å². The van der Waals surface area contributed by atoms with Crippen molar-refractivity contribution >= 4 is 23.3 Å². The molecule has 2 N–H and O–H groups in total. The van der Waals surface area contributed by atoms with Crippen LogP contribution in [0.15, 0.2) is 24.3 Å². The van der Waals surface area contributed by atoms with E-state index in [1.165, 1.54) is 15.9 Å². The summed E-state index contributed by atoms with van der Waals surface area (Å²) in [5.41, 5.74) is 2.41. The molecule has 4 nitrogen and oxygen atoms in total. The lowest BCUT2D eigenvalue weighted by molar-refractivity contribution is -0.930. The van der Waals surface area contributed by atoms with Crippen molar-refractivity contribution in [1.29, 1.82) is 0 Å². The lowest BCUT2D eigenvalue weighted by Crippen LogP contribution is -3.13. The molecule has 20 heavy (non-hydrogen) atoms. The van der Waals surface area contributed by atoms with E-state index in [4.69, 9.17) is 12.2 Å². The van der Waals surface area contributed by atoms with Gasteiger partial charge in [0.2, 0.25) is 0 Å². The molecule has 108 valence electrons. The first kappa shape index (κ1) is 13.8. The lowest BCUT2D eigenvalue weighted by Gasteiger charge is -2.27. The molecule has 0 radical (unpaired) electrons. The summed E-state index contributed by atoms with van der Waals surface area (Å²) in [6.45, 7) is 5.82. The highest BCUT2D eigenvalue weighted by Gasteiger charge is 2.22. The fraction of sp³-hybridized carbons (Fsp3) is 0.533. The van der Waals surface area contributed by atoms with E-state index in [1.807, 2.05) is 0 Å². The maximum Gasteiger partial charge on any atom is 0.185 e. The minimum Gasteiger partial charge on any atom is -0.387 e. The summed E-state index contributed by atoms with van der Waals surface area (Å²) in [6, 6.07) is 8.39. The van der Waals surface area contributed by atoms with Gasteiger partial charge >= 0.3 is 0 Å². The van der Waals surface area contributed by atoms with Crippen LogP contribution in [0.25, 0.3) is 11.0 Å². The molecule has 0 bridgehead atoms. The van der Waals surface area contributed by atoms with Crippen molar-refractivity contribution < 1.29 is 10.0 Å². The molecule has 1 aromatic carbocycles. The SMILES string of the molecule is CCn1c(=S)n(C[NH+]2CCC[C@@H](O)C2)c2ccccc21. The molecule has 1 saturated heterocycles. The number of nitrogens with one attached hydrogen (secondary N) is 1. The van der Waals surface area contributed by atoms with Crippen molar-refractivity contribution in [1.82, 2.24) is 9.13 Å². The number of aliphatic hydroxyl groups excluding tert-OH is 1. The fourth-order valence-corrected chi connectivity index (χ4v) is 3.61. The summed E-state index contributed by atoms with van der Waals surface area (Å²) in [7, 11) is 0. The second kappa shape index (κ2) is 5.68. The Hall–Kier alpha value is -1.17. The number of imidazole rings is 1. The summed E-state index contributed by atoms with van der Waals surface area (Å²) in [5.74, 6) is 0. The van der Waals surface area contributed by atoms with Crippen LogP contribution in [0.5, 0.6) is 0 Å². The number of likely N-dealkylation sites (tertiary alicyclic amines) is 1. The maximum atomic E-state index is 9.83. The normalized spacial score (nSPS) is 23.3. The number of fused-ring (bicyclic) bond motifs is 1. The van der Waals surface area contributed by atoms with Crippen molar-refractivity contribution in [2.45, 2.75) is 39.1 Å². The van der Waals surface area contributed by atoms with Crippen molar-refractivity contribution in [2.24, 2.45) is 0 Å². The highest BCUT2D eigenvalue weighted by atomic mass is 32.1. The van der Waals surface area contributed by atoms with Gasteiger partial charge in [-0.05, 0) is 44.1 Å². The van der Waals surface area contributed by atoms with Gasteiger partial charge in [-0.2, -0.15) is 0 Å². The van der Waals surface area contributed by atoms with Crippen LogP contribution in [0.3, 0.4) is 0 Å². The van der Waals surface area contributed by atoms with Gasteiger partial charge < -0.3 is 14.6 Å². The number of aliphatic hydroxyl groups is 1. The molecule has 0 saturated carbocycles. The Labute approximate surface area is 124 Å². The van der Waals surface area contributed by atoms with Crippen LogP contribution in [0.4, 0.5) is 0 Å². The molecule has 0 spiro atoms. The Kier molecular flexibility index (Phi) is 3.92. The van der Waals surface area contributed by atoms with Crippen LogP contribution in [-0.2, 0) is 13.2 Å². The standard InChI is InChI=1S/C15H21N3OS/c1-2-17-13-7-3-4-8-14(13)18(15(17)20)11-16-9-5-6-12(19)10-16/h3-4,7-8,12,19H,2,5-6,9-11H2,1H3/p+1/t12-/m1/s1. The highest BCUT2D eigenvalue weighted by Crippen LogP contribution is 2.17. The van der Waals surface area contributed by atoms with E-state index >= 15 is 0 Å². The molecule has 1 aliphatic rings. The molecule has 0 aliphatic carbocycles. The molecule has 1 aliphatic heterocycles. The molecular weight excluding hydrogens is 270 g/mol. The van der Waals surface area contributed by atoms with Gasteiger partial charge in [0, 0.05) is 6.54 Å². The lowest BCUT2D eigenvalue weighted by atomic mass is 10.1.